The molecule has 0 aliphatic carbocycles. The molecule has 0 aromatic carbocycles. The molecule has 0 saturated carbocycles. The summed E-state index contributed by atoms with van der Waals surface area (Å²) < 4.78 is 56.2. The first-order valence-electron chi connectivity index (χ1n) is 13.5. The van der Waals surface area contributed by atoms with Crippen LogP contribution in [0.15, 0.2) is 92.3 Å². The van der Waals surface area contributed by atoms with Gasteiger partial charge < -0.3 is 28.8 Å². The molecule has 1 N–H and O–H groups in total. The number of hydrogen-bond acceptors (Lipinski definition) is 13. The first-order chi connectivity index (χ1) is 22.2. The van der Waals surface area contributed by atoms with E-state index in [0.29, 0.717) is 0 Å². The van der Waals surface area contributed by atoms with Crippen LogP contribution in [0.2, 0.25) is 0 Å². The average molecular weight is 635 g/mol. The Balaban J connectivity index is 1.46. The van der Waals surface area contributed by atoms with Crippen LogP contribution in [0.4, 0.5) is 8.78 Å². The van der Waals surface area contributed by atoms with Crippen LogP contribution in [0.1, 0.15) is 36.6 Å². The van der Waals surface area contributed by atoms with Crippen molar-refractivity contribution in [3.8, 4) is 0 Å². The molecule has 236 valence electrons. The molecule has 1 fully saturated rings. The van der Waals surface area contributed by atoms with Crippen LogP contribution in [0.5, 0.6) is 0 Å². The van der Waals surface area contributed by atoms with Crippen molar-refractivity contribution in [3.63, 3.8) is 0 Å². The summed E-state index contributed by atoms with van der Waals surface area (Å²) in [5.74, 6) is -8.03. The first-order valence-corrected chi connectivity index (χ1v) is 13.5. The van der Waals surface area contributed by atoms with E-state index in [4.69, 9.17) is 23.7 Å². The largest absolute Gasteiger partial charge is 0.488 e. The molecule has 0 spiro atoms. The highest BCUT2D eigenvalue weighted by atomic mass is 19.1. The van der Waals surface area contributed by atoms with Gasteiger partial charge in [0.05, 0.1) is 16.7 Å². The van der Waals surface area contributed by atoms with E-state index in [1.165, 1.54) is 73.4 Å². The van der Waals surface area contributed by atoms with E-state index >= 15 is 0 Å². The van der Waals surface area contributed by atoms with Crippen molar-refractivity contribution in [1.29, 1.82) is 0 Å². The van der Waals surface area contributed by atoms with Crippen molar-refractivity contribution < 1.29 is 52.0 Å². The molecule has 0 amide bonds. The van der Waals surface area contributed by atoms with Crippen LogP contribution in [-0.4, -0.2) is 80.3 Å². The van der Waals surface area contributed by atoms with Crippen molar-refractivity contribution in [2.24, 2.45) is 0 Å². The number of carbonyl (C=O) groups is 3. The number of aromatic nitrogens is 4. The van der Waals surface area contributed by atoms with E-state index in [1.54, 1.807) is 0 Å². The zero-order valence-electron chi connectivity index (χ0n) is 23.7. The fraction of sp³-hybridized carbons (Fsp3) is 0.194. The Morgan fingerprint density at radius 1 is 0.804 bits per heavy atom. The number of pyridine rings is 4. The number of rotatable bonds is 11. The van der Waals surface area contributed by atoms with Gasteiger partial charge >= 0.3 is 17.9 Å². The molecule has 5 rings (SSSR count). The summed E-state index contributed by atoms with van der Waals surface area (Å²) in [6.07, 6.45) is 2.55. The van der Waals surface area contributed by atoms with Gasteiger partial charge in [-0.05, 0) is 48.5 Å². The zero-order chi connectivity index (χ0) is 32.7. The maximum atomic E-state index is 14.3. The standard InChI is InChI=1S/C31H24F2N4O9/c1-18(21-8-4-12-36-26(21)32)43-17-31(41)25(45-29(39)20-7-3-11-35-15-20)24(44-28(38)19-6-2-10-34-14-19)23(46-31)16-42-30(40)22-9-5-13-37-27(22)33/h2-15,23-25,41H,1,16-17H2/t23-,24-,25+,31-/m1/s1. The number of hydrogen-bond donors (Lipinski definition) is 1. The minimum atomic E-state index is -2.62. The summed E-state index contributed by atoms with van der Waals surface area (Å²) >= 11 is 0. The van der Waals surface area contributed by atoms with Gasteiger partial charge in [0.15, 0.2) is 12.2 Å². The fourth-order valence-corrected chi connectivity index (χ4v) is 4.37. The maximum absolute atomic E-state index is 14.3. The molecule has 1 aliphatic rings. The highest BCUT2D eigenvalue weighted by molar-refractivity contribution is 5.90. The maximum Gasteiger partial charge on any atom is 0.342 e. The second kappa shape index (κ2) is 14.0. The number of ether oxygens (including phenoxy) is 5. The Labute approximate surface area is 259 Å². The molecule has 0 radical (unpaired) electrons. The Bertz CT molecular complexity index is 1730. The molecule has 4 aromatic heterocycles. The molecular formula is C31H24F2N4O9. The van der Waals surface area contributed by atoms with E-state index < -0.39 is 72.7 Å². The summed E-state index contributed by atoms with van der Waals surface area (Å²) in [5.41, 5.74) is -0.694. The van der Waals surface area contributed by atoms with Gasteiger partial charge in [0.1, 0.15) is 30.6 Å². The quantitative estimate of drug-likeness (QED) is 0.111. The molecule has 46 heavy (non-hydrogen) atoms. The van der Waals surface area contributed by atoms with Crippen LogP contribution >= 0.6 is 0 Å². The van der Waals surface area contributed by atoms with Gasteiger partial charge in [-0.15, -0.1) is 0 Å². The molecular weight excluding hydrogens is 610 g/mol. The lowest BCUT2D eigenvalue weighted by Crippen LogP contribution is -2.50. The predicted octanol–water partition coefficient (Wildman–Crippen LogP) is 2.93. The van der Waals surface area contributed by atoms with Gasteiger partial charge in [0, 0.05) is 37.2 Å². The van der Waals surface area contributed by atoms with Gasteiger partial charge in [-0.25, -0.2) is 24.4 Å². The molecule has 13 nitrogen and oxygen atoms in total. The first kappa shape index (κ1) is 31.7. The van der Waals surface area contributed by atoms with Gasteiger partial charge in [-0.2, -0.15) is 8.78 Å². The Hall–Kier alpha value is -5.67. The summed E-state index contributed by atoms with van der Waals surface area (Å²) in [5, 5.41) is 11.8. The number of aliphatic hydroxyl groups is 1. The number of carbonyl (C=O) groups excluding carboxylic acids is 3. The van der Waals surface area contributed by atoms with E-state index in [-0.39, 0.29) is 22.4 Å². The van der Waals surface area contributed by atoms with Gasteiger partial charge in [-0.3, -0.25) is 9.97 Å². The number of halogens is 2. The lowest BCUT2D eigenvalue weighted by atomic mass is 10.0. The molecule has 4 aromatic rings. The molecule has 4 atom stereocenters. The summed E-state index contributed by atoms with van der Waals surface area (Å²) in [6, 6.07) is 10.9. The Morgan fingerprint density at radius 3 is 1.93 bits per heavy atom. The van der Waals surface area contributed by atoms with Crippen molar-refractivity contribution in [3.05, 3.63) is 126 Å². The van der Waals surface area contributed by atoms with Crippen molar-refractivity contribution in [2.45, 2.75) is 24.1 Å². The van der Waals surface area contributed by atoms with Crippen molar-refractivity contribution in [2.75, 3.05) is 13.2 Å². The van der Waals surface area contributed by atoms with Crippen molar-refractivity contribution >= 4 is 23.7 Å². The lowest BCUT2D eigenvalue weighted by Gasteiger charge is -2.30. The summed E-state index contributed by atoms with van der Waals surface area (Å²) in [4.78, 5) is 53.6. The lowest BCUT2D eigenvalue weighted by molar-refractivity contribution is -0.246. The van der Waals surface area contributed by atoms with E-state index in [9.17, 15) is 28.3 Å². The van der Waals surface area contributed by atoms with E-state index in [2.05, 4.69) is 26.5 Å². The van der Waals surface area contributed by atoms with Crippen LogP contribution in [-0.2, 0) is 23.7 Å². The minimum absolute atomic E-state index is 0.0138. The monoisotopic (exact) mass is 634 g/mol. The van der Waals surface area contributed by atoms with Gasteiger partial charge in [0.2, 0.25) is 17.7 Å². The molecule has 15 heteroatoms. The third-order valence-electron chi connectivity index (χ3n) is 6.61. The summed E-state index contributed by atoms with van der Waals surface area (Å²) in [7, 11) is 0. The second-order valence-electron chi connectivity index (χ2n) is 9.67. The highest BCUT2D eigenvalue weighted by Gasteiger charge is 2.60. The van der Waals surface area contributed by atoms with E-state index in [1.807, 2.05) is 0 Å². The van der Waals surface area contributed by atoms with Crippen LogP contribution in [0, 0.1) is 11.9 Å². The molecule has 0 unspecified atom stereocenters. The van der Waals surface area contributed by atoms with Crippen LogP contribution < -0.4 is 0 Å². The van der Waals surface area contributed by atoms with Crippen LogP contribution in [0.3, 0.4) is 0 Å². The molecule has 1 aliphatic heterocycles. The third kappa shape index (κ3) is 7.17. The summed E-state index contributed by atoms with van der Waals surface area (Å²) in [6.45, 7) is 2.06. The average Bonchev–Trinajstić information content (AvgIpc) is 3.33. The SMILES string of the molecule is C=C(OC[C@@]1(O)O[C@H](COC(=O)c2cccnc2F)[C@@H](OC(=O)c2cccnc2)[C@@H]1OC(=O)c1cccnc1)c1cccnc1F. The Morgan fingerprint density at radius 2 is 1.37 bits per heavy atom. The topological polar surface area (TPSA) is 169 Å². The minimum Gasteiger partial charge on any atom is -0.488 e. The fourth-order valence-electron chi connectivity index (χ4n) is 4.37. The van der Waals surface area contributed by atoms with E-state index in [0.717, 1.165) is 12.3 Å². The third-order valence-corrected chi connectivity index (χ3v) is 6.61. The van der Waals surface area contributed by atoms with Crippen LogP contribution in [0.25, 0.3) is 5.76 Å². The molecule has 0 bridgehead atoms. The molecule has 5 heterocycles. The predicted molar refractivity (Wildman–Crippen MR) is 150 cm³/mol. The van der Waals surface area contributed by atoms with Crippen molar-refractivity contribution in [1.82, 2.24) is 19.9 Å². The normalized spacial score (nSPS) is 20.4. The molecule has 1 saturated heterocycles. The van der Waals surface area contributed by atoms with Gasteiger partial charge in [-0.1, -0.05) is 6.58 Å². The highest BCUT2D eigenvalue weighted by Crippen LogP contribution is 2.36. The Kier molecular flexibility index (Phi) is 9.64. The zero-order valence-corrected chi connectivity index (χ0v) is 23.7. The second-order valence-corrected chi connectivity index (χ2v) is 9.67. The number of esters is 3. The van der Waals surface area contributed by atoms with Gasteiger partial charge in [0.25, 0.3) is 0 Å². The smallest absolute Gasteiger partial charge is 0.342 e. The number of nitrogens with zero attached hydrogens (tertiary/aromatic N) is 4.